The summed E-state index contributed by atoms with van der Waals surface area (Å²) in [6, 6.07) is 9.57. The largest absolute Gasteiger partial charge is 0.433 e. The summed E-state index contributed by atoms with van der Waals surface area (Å²) >= 11 is 0. The molecule has 1 fully saturated rings. The molecule has 0 aromatic carbocycles. The van der Waals surface area contributed by atoms with Gasteiger partial charge in [0.05, 0.1) is 5.69 Å². The maximum absolute atomic E-state index is 12.9. The van der Waals surface area contributed by atoms with Crippen molar-refractivity contribution in [3.05, 3.63) is 60.7 Å². The summed E-state index contributed by atoms with van der Waals surface area (Å²) in [4.78, 5) is 20.7. The van der Waals surface area contributed by atoms with Crippen LogP contribution in [0.15, 0.2) is 55.0 Å². The molecule has 1 aliphatic rings. The molecular formula is C19H17F3N6. The number of halogens is 3. The number of rotatable bonds is 3. The van der Waals surface area contributed by atoms with Gasteiger partial charge >= 0.3 is 6.18 Å². The summed E-state index contributed by atoms with van der Waals surface area (Å²) in [5, 5.41) is 0. The van der Waals surface area contributed by atoms with Crippen molar-refractivity contribution < 1.29 is 13.2 Å². The zero-order chi connectivity index (χ0) is 19.6. The van der Waals surface area contributed by atoms with E-state index in [0.717, 1.165) is 17.3 Å². The van der Waals surface area contributed by atoms with Crippen LogP contribution in [-0.4, -0.2) is 46.1 Å². The molecule has 6 nitrogen and oxygen atoms in total. The smallest absolute Gasteiger partial charge is 0.353 e. The molecule has 0 amide bonds. The molecule has 0 atom stereocenters. The van der Waals surface area contributed by atoms with Crippen LogP contribution in [0.1, 0.15) is 5.69 Å². The Labute approximate surface area is 159 Å². The van der Waals surface area contributed by atoms with Crippen molar-refractivity contribution in [2.24, 2.45) is 0 Å². The predicted octanol–water partition coefficient (Wildman–Crippen LogP) is 3.28. The van der Waals surface area contributed by atoms with Gasteiger partial charge in [0.25, 0.3) is 0 Å². The molecule has 4 rings (SSSR count). The first-order valence-corrected chi connectivity index (χ1v) is 8.78. The lowest BCUT2D eigenvalue weighted by molar-refractivity contribution is -0.141. The van der Waals surface area contributed by atoms with Gasteiger partial charge in [0.1, 0.15) is 11.5 Å². The average Bonchev–Trinajstić information content (AvgIpc) is 2.74. The molecule has 0 unspecified atom stereocenters. The number of aromatic nitrogens is 4. The number of piperazine rings is 1. The van der Waals surface area contributed by atoms with E-state index in [-0.39, 0.29) is 0 Å². The lowest BCUT2D eigenvalue weighted by Crippen LogP contribution is -2.47. The topological polar surface area (TPSA) is 58.0 Å². The van der Waals surface area contributed by atoms with Gasteiger partial charge in [0.15, 0.2) is 0 Å². The van der Waals surface area contributed by atoms with Crippen molar-refractivity contribution in [1.29, 1.82) is 0 Å². The van der Waals surface area contributed by atoms with Gasteiger partial charge in [-0.3, -0.25) is 4.98 Å². The van der Waals surface area contributed by atoms with Gasteiger partial charge in [-0.1, -0.05) is 6.07 Å². The molecule has 0 radical (unpaired) electrons. The van der Waals surface area contributed by atoms with E-state index in [4.69, 9.17) is 0 Å². The second-order valence-electron chi connectivity index (χ2n) is 6.34. The summed E-state index contributed by atoms with van der Waals surface area (Å²) in [7, 11) is 0. The van der Waals surface area contributed by atoms with Gasteiger partial charge in [-0.05, 0) is 30.3 Å². The molecule has 0 bridgehead atoms. The zero-order valence-corrected chi connectivity index (χ0v) is 14.8. The number of anilines is 2. The fourth-order valence-corrected chi connectivity index (χ4v) is 3.07. The Hall–Kier alpha value is -3.23. The van der Waals surface area contributed by atoms with E-state index < -0.39 is 11.9 Å². The lowest BCUT2D eigenvalue weighted by atomic mass is 10.2. The molecule has 28 heavy (non-hydrogen) atoms. The van der Waals surface area contributed by atoms with Crippen LogP contribution in [-0.2, 0) is 6.18 Å². The van der Waals surface area contributed by atoms with Crippen LogP contribution in [0.3, 0.4) is 0 Å². The molecule has 0 N–H and O–H groups in total. The van der Waals surface area contributed by atoms with Crippen LogP contribution in [0.2, 0.25) is 0 Å². The van der Waals surface area contributed by atoms with Crippen molar-refractivity contribution in [1.82, 2.24) is 19.9 Å². The number of nitrogens with zero attached hydrogens (tertiary/aromatic N) is 6. The van der Waals surface area contributed by atoms with Crippen molar-refractivity contribution in [3.63, 3.8) is 0 Å². The summed E-state index contributed by atoms with van der Waals surface area (Å²) in [6.07, 6.45) is 0.694. The molecule has 144 valence electrons. The highest BCUT2D eigenvalue weighted by Crippen LogP contribution is 2.29. The van der Waals surface area contributed by atoms with Crippen molar-refractivity contribution in [2.75, 3.05) is 36.0 Å². The normalized spacial score (nSPS) is 15.0. The van der Waals surface area contributed by atoms with Crippen LogP contribution in [0.5, 0.6) is 0 Å². The molecule has 1 aliphatic heterocycles. The first-order valence-electron chi connectivity index (χ1n) is 8.78. The molecule has 3 aromatic heterocycles. The Morgan fingerprint density at radius 3 is 2.32 bits per heavy atom. The third-order valence-corrected chi connectivity index (χ3v) is 4.51. The lowest BCUT2D eigenvalue weighted by Gasteiger charge is -2.35. The third kappa shape index (κ3) is 3.88. The fourth-order valence-electron chi connectivity index (χ4n) is 3.07. The molecule has 0 saturated carbocycles. The Morgan fingerprint density at radius 1 is 0.821 bits per heavy atom. The Morgan fingerprint density at radius 2 is 1.61 bits per heavy atom. The van der Waals surface area contributed by atoms with Crippen molar-refractivity contribution >= 4 is 11.8 Å². The number of pyridine rings is 2. The predicted molar refractivity (Wildman–Crippen MR) is 98.9 cm³/mol. The van der Waals surface area contributed by atoms with Gasteiger partial charge in [-0.25, -0.2) is 15.0 Å². The van der Waals surface area contributed by atoms with Gasteiger partial charge < -0.3 is 9.80 Å². The Kier molecular flexibility index (Phi) is 4.81. The van der Waals surface area contributed by atoms with E-state index in [9.17, 15) is 13.2 Å². The van der Waals surface area contributed by atoms with Crippen LogP contribution in [0, 0.1) is 0 Å². The van der Waals surface area contributed by atoms with Gasteiger partial charge in [0.2, 0.25) is 5.95 Å². The SMILES string of the molecule is FC(F)(F)c1cccc(N2CCN(c3nccc(-c4cccnc4)n3)CC2)n1. The number of hydrogen-bond acceptors (Lipinski definition) is 6. The average molecular weight is 386 g/mol. The molecule has 0 spiro atoms. The molecule has 0 aliphatic carbocycles. The highest BCUT2D eigenvalue weighted by molar-refractivity contribution is 5.59. The van der Waals surface area contributed by atoms with E-state index in [2.05, 4.69) is 19.9 Å². The third-order valence-electron chi connectivity index (χ3n) is 4.51. The first-order chi connectivity index (χ1) is 13.5. The van der Waals surface area contributed by atoms with Crippen molar-refractivity contribution in [3.8, 4) is 11.3 Å². The van der Waals surface area contributed by atoms with Crippen LogP contribution >= 0.6 is 0 Å². The van der Waals surface area contributed by atoms with E-state index in [1.807, 2.05) is 28.0 Å². The monoisotopic (exact) mass is 386 g/mol. The van der Waals surface area contributed by atoms with E-state index in [1.54, 1.807) is 24.7 Å². The summed E-state index contributed by atoms with van der Waals surface area (Å²) in [5.74, 6) is 0.928. The van der Waals surface area contributed by atoms with Crippen molar-refractivity contribution in [2.45, 2.75) is 6.18 Å². The second-order valence-corrected chi connectivity index (χ2v) is 6.34. The van der Waals surface area contributed by atoms with Gasteiger partial charge in [-0.2, -0.15) is 13.2 Å². The van der Waals surface area contributed by atoms with Gasteiger partial charge in [-0.15, -0.1) is 0 Å². The molecule has 4 heterocycles. The highest BCUT2D eigenvalue weighted by atomic mass is 19.4. The van der Waals surface area contributed by atoms with Gasteiger partial charge in [0, 0.05) is 50.3 Å². The second kappa shape index (κ2) is 7.41. The van der Waals surface area contributed by atoms with E-state index in [1.165, 1.54) is 6.07 Å². The number of alkyl halides is 3. The van der Waals surface area contributed by atoms with E-state index in [0.29, 0.717) is 37.9 Å². The fraction of sp³-hybridized carbons (Fsp3) is 0.263. The highest BCUT2D eigenvalue weighted by Gasteiger charge is 2.33. The summed E-state index contributed by atoms with van der Waals surface area (Å²) in [6.45, 7) is 2.26. The first kappa shape index (κ1) is 18.1. The van der Waals surface area contributed by atoms with Crippen LogP contribution in [0.25, 0.3) is 11.3 Å². The maximum atomic E-state index is 12.9. The maximum Gasteiger partial charge on any atom is 0.433 e. The molecular weight excluding hydrogens is 369 g/mol. The molecule has 9 heteroatoms. The minimum atomic E-state index is -4.45. The Bertz CT molecular complexity index is 940. The molecule has 1 saturated heterocycles. The standard InChI is InChI=1S/C19H17F3N6/c20-19(21,22)16-4-1-5-17(26-16)27-9-11-28(12-10-27)18-24-8-6-15(25-18)14-3-2-7-23-13-14/h1-8,13H,9-12H2. The summed E-state index contributed by atoms with van der Waals surface area (Å²) < 4.78 is 38.7. The number of hydrogen-bond donors (Lipinski definition) is 0. The minimum absolute atomic E-state index is 0.333. The minimum Gasteiger partial charge on any atom is -0.353 e. The van der Waals surface area contributed by atoms with E-state index >= 15 is 0 Å². The molecule has 3 aromatic rings. The quantitative estimate of drug-likeness (QED) is 0.689. The van der Waals surface area contributed by atoms with Crippen LogP contribution < -0.4 is 9.80 Å². The Balaban J connectivity index is 1.46. The van der Waals surface area contributed by atoms with Crippen LogP contribution in [0.4, 0.5) is 24.9 Å². The summed E-state index contributed by atoms with van der Waals surface area (Å²) in [5.41, 5.74) is 0.804. The zero-order valence-electron chi connectivity index (χ0n) is 14.8.